The summed E-state index contributed by atoms with van der Waals surface area (Å²) in [6, 6.07) is 14.7. The van der Waals surface area contributed by atoms with E-state index in [4.69, 9.17) is 4.74 Å². The number of nitrogens with one attached hydrogen (secondary N) is 2. The third kappa shape index (κ3) is 5.71. The van der Waals surface area contributed by atoms with Crippen molar-refractivity contribution in [3.63, 3.8) is 0 Å². The van der Waals surface area contributed by atoms with Crippen LogP contribution in [0.25, 0.3) is 0 Å². The molecule has 0 saturated heterocycles. The van der Waals surface area contributed by atoms with Crippen molar-refractivity contribution in [2.45, 2.75) is 0 Å². The van der Waals surface area contributed by atoms with Gasteiger partial charge in [-0.25, -0.2) is 5.43 Å². The maximum Gasteiger partial charge on any atom is 0.282 e. The van der Waals surface area contributed by atoms with E-state index in [0.717, 1.165) is 0 Å². The van der Waals surface area contributed by atoms with E-state index in [-0.39, 0.29) is 28.3 Å². The van der Waals surface area contributed by atoms with Crippen molar-refractivity contribution in [3.05, 3.63) is 91.9 Å². The minimum Gasteiger partial charge on any atom is -0.503 e. The predicted molar refractivity (Wildman–Crippen MR) is 125 cm³/mol. The van der Waals surface area contributed by atoms with Crippen LogP contribution in [0.2, 0.25) is 0 Å². The number of nitrogens with zero attached hydrogens (tertiary/aromatic N) is 2. The van der Waals surface area contributed by atoms with Crippen molar-refractivity contribution in [3.8, 4) is 11.5 Å². The lowest BCUT2D eigenvalue weighted by molar-refractivity contribution is -0.385. The lowest BCUT2D eigenvalue weighted by Gasteiger charge is -2.07. The number of aromatic hydroxyl groups is 1. The molecule has 3 N–H and O–H groups in total. The molecule has 0 aliphatic carbocycles. The molecule has 0 fully saturated rings. The van der Waals surface area contributed by atoms with E-state index in [1.807, 2.05) is 0 Å². The number of phenolic OH excluding ortho intramolecular Hbond substituents is 1. The lowest BCUT2D eigenvalue weighted by atomic mass is 10.1. The van der Waals surface area contributed by atoms with Crippen LogP contribution in [0.15, 0.2) is 70.2 Å². The molecule has 3 aromatic rings. The molecule has 0 aliphatic rings. The van der Waals surface area contributed by atoms with Crippen molar-refractivity contribution >= 4 is 45.3 Å². The molecule has 0 heterocycles. The van der Waals surface area contributed by atoms with Crippen molar-refractivity contribution in [1.82, 2.24) is 5.43 Å². The highest BCUT2D eigenvalue weighted by molar-refractivity contribution is 9.10. The topological polar surface area (TPSA) is 143 Å². The zero-order chi connectivity index (χ0) is 24.0. The summed E-state index contributed by atoms with van der Waals surface area (Å²) in [5.41, 5.74) is 3.21. The van der Waals surface area contributed by atoms with Crippen molar-refractivity contribution in [1.29, 1.82) is 0 Å². The summed E-state index contributed by atoms with van der Waals surface area (Å²) in [5, 5.41) is 27.4. The van der Waals surface area contributed by atoms with Crippen LogP contribution in [0.3, 0.4) is 0 Å². The third-order valence-electron chi connectivity index (χ3n) is 4.40. The first-order valence-corrected chi connectivity index (χ1v) is 10.1. The van der Waals surface area contributed by atoms with Gasteiger partial charge in [0, 0.05) is 17.3 Å². The Morgan fingerprint density at radius 1 is 1.12 bits per heavy atom. The van der Waals surface area contributed by atoms with E-state index in [0.29, 0.717) is 15.7 Å². The van der Waals surface area contributed by atoms with Crippen LogP contribution in [-0.2, 0) is 0 Å². The largest absolute Gasteiger partial charge is 0.503 e. The molecule has 0 unspecified atom stereocenters. The van der Waals surface area contributed by atoms with Gasteiger partial charge in [-0.3, -0.25) is 19.7 Å². The number of methoxy groups -OCH3 is 1. The number of hydrogen-bond donors (Lipinski definition) is 3. The first-order valence-electron chi connectivity index (χ1n) is 9.35. The second-order valence-electron chi connectivity index (χ2n) is 6.56. The monoisotopic (exact) mass is 512 g/mol. The molecule has 3 aromatic carbocycles. The van der Waals surface area contributed by atoms with Crippen LogP contribution < -0.4 is 15.5 Å². The molecule has 0 bridgehead atoms. The van der Waals surface area contributed by atoms with Crippen LogP contribution in [0.4, 0.5) is 11.4 Å². The van der Waals surface area contributed by atoms with E-state index in [9.17, 15) is 24.8 Å². The number of hydrogen-bond acceptors (Lipinski definition) is 7. The van der Waals surface area contributed by atoms with Gasteiger partial charge < -0.3 is 15.2 Å². The number of carbonyl (C=O) groups excluding carboxylic acids is 2. The number of rotatable bonds is 7. The zero-order valence-electron chi connectivity index (χ0n) is 17.1. The standard InChI is InChI=1S/C22H17BrN4O6/c1-33-19-11-13(10-17(23)20(19)28)12-24-26-21(29)14-6-8-15(9-7-14)25-22(30)16-4-2-3-5-18(16)27(31)32/h2-12,28H,1H3,(H,25,30)(H,26,29)/b24-12+. The summed E-state index contributed by atoms with van der Waals surface area (Å²) in [5.74, 6) is -0.935. The summed E-state index contributed by atoms with van der Waals surface area (Å²) in [4.78, 5) is 35.1. The minimum atomic E-state index is -0.639. The summed E-state index contributed by atoms with van der Waals surface area (Å²) in [7, 11) is 1.41. The number of hydrazone groups is 1. The third-order valence-corrected chi connectivity index (χ3v) is 5.01. The number of nitro groups is 1. The highest BCUT2D eigenvalue weighted by Crippen LogP contribution is 2.34. The van der Waals surface area contributed by atoms with Crippen LogP contribution in [0, 0.1) is 10.1 Å². The van der Waals surface area contributed by atoms with Gasteiger partial charge in [0.25, 0.3) is 17.5 Å². The van der Waals surface area contributed by atoms with Gasteiger partial charge in [0.15, 0.2) is 11.5 Å². The fourth-order valence-corrected chi connectivity index (χ4v) is 3.24. The fraction of sp³-hybridized carbons (Fsp3) is 0.0455. The van der Waals surface area contributed by atoms with E-state index < -0.39 is 16.7 Å². The van der Waals surface area contributed by atoms with E-state index in [1.165, 1.54) is 61.9 Å². The molecule has 11 heteroatoms. The van der Waals surface area contributed by atoms with Crippen LogP contribution in [-0.4, -0.2) is 35.2 Å². The Morgan fingerprint density at radius 2 is 1.82 bits per heavy atom. The Labute approximate surface area is 196 Å². The zero-order valence-corrected chi connectivity index (χ0v) is 18.7. The van der Waals surface area contributed by atoms with Crippen LogP contribution in [0.5, 0.6) is 11.5 Å². The molecule has 0 spiro atoms. The van der Waals surface area contributed by atoms with Gasteiger partial charge in [-0.15, -0.1) is 0 Å². The van der Waals surface area contributed by atoms with Gasteiger partial charge in [0.05, 0.1) is 22.7 Å². The summed E-state index contributed by atoms with van der Waals surface area (Å²) >= 11 is 3.20. The number of benzene rings is 3. The maximum atomic E-state index is 12.4. The second-order valence-corrected chi connectivity index (χ2v) is 7.41. The SMILES string of the molecule is COc1cc(/C=N/NC(=O)c2ccc(NC(=O)c3ccccc3[N+](=O)[O-])cc2)cc(Br)c1O. The van der Waals surface area contributed by atoms with Gasteiger partial charge in [-0.2, -0.15) is 5.10 Å². The average molecular weight is 513 g/mol. The minimum absolute atomic E-state index is 0.0484. The van der Waals surface area contributed by atoms with Gasteiger partial charge >= 0.3 is 0 Å². The number of carbonyl (C=O) groups is 2. The molecule has 2 amide bonds. The molecule has 33 heavy (non-hydrogen) atoms. The number of amides is 2. The molecule has 0 aromatic heterocycles. The van der Waals surface area contributed by atoms with Crippen LogP contribution >= 0.6 is 15.9 Å². The van der Waals surface area contributed by atoms with Gasteiger partial charge in [-0.05, 0) is 64.0 Å². The summed E-state index contributed by atoms with van der Waals surface area (Å²) in [6.07, 6.45) is 1.38. The fourth-order valence-electron chi connectivity index (χ4n) is 2.78. The summed E-state index contributed by atoms with van der Waals surface area (Å²) in [6.45, 7) is 0. The quantitative estimate of drug-likeness (QED) is 0.247. The van der Waals surface area contributed by atoms with Crippen LogP contribution in [0.1, 0.15) is 26.3 Å². The number of anilines is 1. The molecule has 0 radical (unpaired) electrons. The Morgan fingerprint density at radius 3 is 2.48 bits per heavy atom. The van der Waals surface area contributed by atoms with Gasteiger partial charge in [0.1, 0.15) is 5.56 Å². The van der Waals surface area contributed by atoms with Crippen molar-refractivity contribution < 1.29 is 24.4 Å². The number of para-hydroxylation sites is 1. The first-order chi connectivity index (χ1) is 15.8. The maximum absolute atomic E-state index is 12.4. The number of nitro benzene ring substituents is 1. The highest BCUT2D eigenvalue weighted by atomic mass is 79.9. The Kier molecular flexibility index (Phi) is 7.36. The molecule has 0 atom stereocenters. The molecule has 0 saturated carbocycles. The van der Waals surface area contributed by atoms with Gasteiger partial charge in [-0.1, -0.05) is 12.1 Å². The molecular formula is C22H17BrN4O6. The van der Waals surface area contributed by atoms with Crippen molar-refractivity contribution in [2.75, 3.05) is 12.4 Å². The molecule has 168 valence electrons. The van der Waals surface area contributed by atoms with Gasteiger partial charge in [0.2, 0.25) is 0 Å². The molecule has 3 rings (SSSR count). The molecule has 10 nitrogen and oxygen atoms in total. The van der Waals surface area contributed by atoms with E-state index >= 15 is 0 Å². The Bertz CT molecular complexity index is 1240. The number of phenols is 1. The molecule has 0 aliphatic heterocycles. The smallest absolute Gasteiger partial charge is 0.282 e. The Hall–Kier alpha value is -4.25. The predicted octanol–water partition coefficient (Wildman–Crippen LogP) is 4.09. The van der Waals surface area contributed by atoms with E-state index in [1.54, 1.807) is 12.1 Å². The highest BCUT2D eigenvalue weighted by Gasteiger charge is 2.19. The lowest BCUT2D eigenvalue weighted by Crippen LogP contribution is -2.18. The molecular weight excluding hydrogens is 496 g/mol. The first kappa shape index (κ1) is 23.4. The Balaban J connectivity index is 1.64. The average Bonchev–Trinajstić information content (AvgIpc) is 2.81. The number of ether oxygens (including phenoxy) is 1. The normalized spacial score (nSPS) is 10.6. The van der Waals surface area contributed by atoms with E-state index in [2.05, 4.69) is 31.8 Å². The number of halogens is 1. The van der Waals surface area contributed by atoms with Crippen molar-refractivity contribution in [2.24, 2.45) is 5.10 Å². The second kappa shape index (κ2) is 10.4. The summed E-state index contributed by atoms with van der Waals surface area (Å²) < 4.78 is 5.47.